The molecule has 1 heterocycles. The molecule has 0 amide bonds. The molecule has 0 radical (unpaired) electrons. The third-order valence-electron chi connectivity index (χ3n) is 10.6. The van der Waals surface area contributed by atoms with Gasteiger partial charge in [-0.2, -0.15) is 0 Å². The van der Waals surface area contributed by atoms with E-state index in [1.807, 2.05) is 37.3 Å². The van der Waals surface area contributed by atoms with Gasteiger partial charge < -0.3 is 14.3 Å². The van der Waals surface area contributed by atoms with Gasteiger partial charge in [0.25, 0.3) is 0 Å². The van der Waals surface area contributed by atoms with Crippen molar-refractivity contribution in [3.8, 4) is 0 Å². The molecule has 0 spiro atoms. The van der Waals surface area contributed by atoms with E-state index in [1.165, 1.54) is 18.9 Å². The molecular weight excluding hydrogens is 454 g/mol. The van der Waals surface area contributed by atoms with Crippen LogP contribution in [0.2, 0.25) is 0 Å². The average molecular weight is 492 g/mol. The minimum absolute atomic E-state index is 0.0106. The van der Waals surface area contributed by atoms with E-state index < -0.39 is 5.97 Å². The molecule has 1 saturated heterocycles. The number of fused-ring (bicyclic) bond motifs is 7. The number of carbonyl (C=O) groups is 2. The third-order valence-corrected chi connectivity index (χ3v) is 10.6. The molecular formula is C30H37NO5. The molecule has 1 aromatic carbocycles. The number of hydrogen-bond acceptors (Lipinski definition) is 6. The topological polar surface area (TPSA) is 77.5 Å². The summed E-state index contributed by atoms with van der Waals surface area (Å²) < 4.78 is 12.3. The standard InChI is InChI=1S/C30H37NO5/c1-18(31-36-19(2)32)30-26(35-30)17-25-23-11-10-21-16-22(34-27(33)20-8-6-5-7-9-20)12-14-28(21,3)24(23)13-15-29(25,30)4/h5-10,22-26H,11-17H2,1-4H3/b31-18+/t22-,23+,24-,25-,26+,28-,29-,30+/m0/s1. The highest BCUT2D eigenvalue weighted by atomic mass is 16.7. The maximum absolute atomic E-state index is 12.7. The maximum atomic E-state index is 12.7. The van der Waals surface area contributed by atoms with Crippen LogP contribution >= 0.6 is 0 Å². The van der Waals surface area contributed by atoms with Crippen LogP contribution in [0.15, 0.2) is 47.1 Å². The summed E-state index contributed by atoms with van der Waals surface area (Å²) in [5.74, 6) is 1.22. The first-order chi connectivity index (χ1) is 17.2. The highest BCUT2D eigenvalue weighted by Gasteiger charge is 2.78. The van der Waals surface area contributed by atoms with Crippen molar-refractivity contribution < 1.29 is 23.9 Å². The number of esters is 1. The van der Waals surface area contributed by atoms with Crippen molar-refractivity contribution in [1.82, 2.24) is 0 Å². The van der Waals surface area contributed by atoms with Crippen LogP contribution in [0.4, 0.5) is 0 Å². The second kappa shape index (κ2) is 8.27. The fourth-order valence-corrected chi connectivity index (χ4v) is 8.81. The second-order valence-corrected chi connectivity index (χ2v) is 12.2. The van der Waals surface area contributed by atoms with Crippen LogP contribution < -0.4 is 0 Å². The van der Waals surface area contributed by atoms with Crippen molar-refractivity contribution in [2.75, 3.05) is 0 Å². The Morgan fingerprint density at radius 1 is 1.06 bits per heavy atom. The summed E-state index contributed by atoms with van der Waals surface area (Å²) in [6.07, 6.45) is 9.84. The Kier molecular flexibility index (Phi) is 5.49. The minimum Gasteiger partial charge on any atom is -0.458 e. The Labute approximate surface area is 213 Å². The highest BCUT2D eigenvalue weighted by Crippen LogP contribution is 2.73. The van der Waals surface area contributed by atoms with Gasteiger partial charge in [-0.15, -0.1) is 0 Å². The number of hydrogen-bond donors (Lipinski definition) is 0. The molecule has 6 nitrogen and oxygen atoms in total. The highest BCUT2D eigenvalue weighted by molar-refractivity contribution is 5.95. The van der Waals surface area contributed by atoms with Crippen molar-refractivity contribution in [2.45, 2.75) is 90.4 Å². The van der Waals surface area contributed by atoms with Gasteiger partial charge in [-0.3, -0.25) is 0 Å². The average Bonchev–Trinajstić information content (AvgIpc) is 3.54. The minimum atomic E-state index is -0.394. The lowest BCUT2D eigenvalue weighted by Gasteiger charge is -2.58. The zero-order chi connectivity index (χ0) is 25.3. The monoisotopic (exact) mass is 491 g/mol. The van der Waals surface area contributed by atoms with Crippen molar-refractivity contribution in [1.29, 1.82) is 0 Å². The fraction of sp³-hybridized carbons (Fsp3) is 0.633. The zero-order valence-electron chi connectivity index (χ0n) is 21.8. The zero-order valence-corrected chi connectivity index (χ0v) is 21.8. The molecule has 8 atom stereocenters. The number of benzene rings is 1. The Bertz CT molecular complexity index is 1140. The fourth-order valence-electron chi connectivity index (χ4n) is 8.81. The molecule has 192 valence electrons. The van der Waals surface area contributed by atoms with Crippen LogP contribution in [0, 0.1) is 28.6 Å². The Hall–Kier alpha value is -2.47. The lowest BCUT2D eigenvalue weighted by molar-refractivity contribution is -0.141. The largest absolute Gasteiger partial charge is 0.458 e. The van der Waals surface area contributed by atoms with Gasteiger partial charge in [-0.25, -0.2) is 9.59 Å². The molecule has 4 fully saturated rings. The summed E-state index contributed by atoms with van der Waals surface area (Å²) in [6.45, 7) is 8.19. The quantitative estimate of drug-likeness (QED) is 0.132. The molecule has 0 bridgehead atoms. The van der Waals surface area contributed by atoms with Gasteiger partial charge in [0.2, 0.25) is 0 Å². The molecule has 0 N–H and O–H groups in total. The first kappa shape index (κ1) is 23.9. The van der Waals surface area contributed by atoms with E-state index in [4.69, 9.17) is 14.3 Å². The molecule has 1 aromatic rings. The number of ether oxygens (including phenoxy) is 2. The van der Waals surface area contributed by atoms with Gasteiger partial charge in [-0.1, -0.05) is 48.9 Å². The van der Waals surface area contributed by atoms with Gasteiger partial charge in [0.1, 0.15) is 11.7 Å². The first-order valence-corrected chi connectivity index (χ1v) is 13.5. The molecule has 6 rings (SSSR count). The van der Waals surface area contributed by atoms with Gasteiger partial charge >= 0.3 is 11.9 Å². The summed E-state index contributed by atoms with van der Waals surface area (Å²) in [6, 6.07) is 9.30. The van der Waals surface area contributed by atoms with E-state index in [-0.39, 0.29) is 34.6 Å². The maximum Gasteiger partial charge on any atom is 0.338 e. The molecule has 1 aliphatic heterocycles. The van der Waals surface area contributed by atoms with Crippen LogP contribution in [0.1, 0.15) is 83.0 Å². The predicted molar refractivity (Wildman–Crippen MR) is 135 cm³/mol. The molecule has 0 aromatic heterocycles. The Morgan fingerprint density at radius 2 is 1.83 bits per heavy atom. The number of allylic oxidation sites excluding steroid dienone is 1. The van der Waals surface area contributed by atoms with Crippen molar-refractivity contribution >= 4 is 17.7 Å². The summed E-state index contributed by atoms with van der Waals surface area (Å²) in [5.41, 5.74) is 2.72. The van der Waals surface area contributed by atoms with Gasteiger partial charge in [0.15, 0.2) is 0 Å². The Morgan fingerprint density at radius 3 is 2.58 bits per heavy atom. The van der Waals surface area contributed by atoms with Gasteiger partial charge in [-0.05, 0) is 80.8 Å². The number of nitrogens with zero attached hydrogens (tertiary/aromatic N) is 1. The van der Waals surface area contributed by atoms with Crippen LogP contribution in [0.25, 0.3) is 0 Å². The van der Waals surface area contributed by atoms with Crippen molar-refractivity contribution in [3.63, 3.8) is 0 Å². The van der Waals surface area contributed by atoms with Crippen LogP contribution in [-0.4, -0.2) is 35.5 Å². The third kappa shape index (κ3) is 3.36. The lowest BCUT2D eigenvalue weighted by Crippen LogP contribution is -2.54. The smallest absolute Gasteiger partial charge is 0.338 e. The van der Waals surface area contributed by atoms with E-state index in [0.29, 0.717) is 23.3 Å². The van der Waals surface area contributed by atoms with Crippen LogP contribution in [0.3, 0.4) is 0 Å². The normalized spacial score (nSPS) is 42.7. The van der Waals surface area contributed by atoms with E-state index in [0.717, 1.165) is 44.2 Å². The second-order valence-electron chi connectivity index (χ2n) is 12.2. The molecule has 3 saturated carbocycles. The number of epoxide rings is 1. The number of oxime groups is 1. The molecule has 6 heteroatoms. The first-order valence-electron chi connectivity index (χ1n) is 13.5. The van der Waals surface area contributed by atoms with Gasteiger partial charge in [0, 0.05) is 18.8 Å². The van der Waals surface area contributed by atoms with E-state index in [2.05, 4.69) is 25.1 Å². The van der Waals surface area contributed by atoms with Gasteiger partial charge in [0.05, 0.1) is 17.4 Å². The van der Waals surface area contributed by atoms with Crippen LogP contribution in [-0.2, 0) is 19.1 Å². The molecule has 0 unspecified atom stereocenters. The number of carbonyl (C=O) groups excluding carboxylic acids is 2. The molecule has 4 aliphatic carbocycles. The SMILES string of the molecule is CC(=O)O/N=C(\C)[C@@]12O[C@@H]1C[C@H]1[C@@H]3CC=C4C[C@@H](OC(=O)c5ccccc5)CC[C@]4(C)[C@H]3CC[C@@]12C. The molecule has 5 aliphatic rings. The summed E-state index contributed by atoms with van der Waals surface area (Å²) in [5, 5.41) is 4.18. The van der Waals surface area contributed by atoms with E-state index in [9.17, 15) is 9.59 Å². The van der Waals surface area contributed by atoms with Crippen LogP contribution in [0.5, 0.6) is 0 Å². The summed E-state index contributed by atoms with van der Waals surface area (Å²) in [4.78, 5) is 29.0. The summed E-state index contributed by atoms with van der Waals surface area (Å²) in [7, 11) is 0. The predicted octanol–water partition coefficient (Wildman–Crippen LogP) is 5.86. The Balaban J connectivity index is 1.20. The summed E-state index contributed by atoms with van der Waals surface area (Å²) >= 11 is 0. The van der Waals surface area contributed by atoms with Crippen molar-refractivity contribution in [3.05, 3.63) is 47.5 Å². The lowest BCUT2D eigenvalue weighted by atomic mass is 9.47. The number of rotatable bonds is 4. The van der Waals surface area contributed by atoms with Crippen molar-refractivity contribution in [2.24, 2.45) is 33.7 Å². The van der Waals surface area contributed by atoms with E-state index in [1.54, 1.807) is 0 Å². The molecule has 36 heavy (non-hydrogen) atoms. The van der Waals surface area contributed by atoms with E-state index >= 15 is 0 Å².